The maximum atomic E-state index is 13.7. The number of nitrogens with zero attached hydrogens (tertiary/aromatic N) is 3. The van der Waals surface area contributed by atoms with Crippen molar-refractivity contribution in [1.82, 2.24) is 9.97 Å². The van der Waals surface area contributed by atoms with Crippen molar-refractivity contribution in [3.63, 3.8) is 0 Å². The number of hydrogen-bond donors (Lipinski definition) is 2. The molecule has 11 heteroatoms. The zero-order valence-electron chi connectivity index (χ0n) is 22.7. The Bertz CT molecular complexity index is 1210. The van der Waals surface area contributed by atoms with Gasteiger partial charge in [-0.3, -0.25) is 0 Å². The van der Waals surface area contributed by atoms with E-state index >= 15 is 0 Å². The van der Waals surface area contributed by atoms with Crippen molar-refractivity contribution in [3.05, 3.63) is 47.4 Å². The molecule has 210 valence electrons. The molecule has 38 heavy (non-hydrogen) atoms. The topological polar surface area (TPSA) is 122 Å². The molecule has 1 aliphatic rings. The van der Waals surface area contributed by atoms with Crippen LogP contribution >= 0.6 is 0 Å². The van der Waals surface area contributed by atoms with Crippen LogP contribution in [0.3, 0.4) is 0 Å². The Labute approximate surface area is 224 Å². The molecule has 9 nitrogen and oxygen atoms in total. The van der Waals surface area contributed by atoms with Gasteiger partial charge >= 0.3 is 0 Å². The Morgan fingerprint density at radius 1 is 1.13 bits per heavy atom. The lowest BCUT2D eigenvalue weighted by molar-refractivity contribution is -0.243. The Kier molecular flexibility index (Phi) is 9.99. The predicted molar refractivity (Wildman–Crippen MR) is 145 cm³/mol. The van der Waals surface area contributed by atoms with Crippen LogP contribution in [0.2, 0.25) is 0 Å². The minimum absolute atomic E-state index is 0.0143. The lowest BCUT2D eigenvalue weighted by Crippen LogP contribution is -2.37. The van der Waals surface area contributed by atoms with Crippen molar-refractivity contribution < 1.29 is 32.5 Å². The second kappa shape index (κ2) is 12.6. The summed E-state index contributed by atoms with van der Waals surface area (Å²) in [5.41, 5.74) is 2.07. The number of ether oxygens (including phenoxy) is 2. The summed E-state index contributed by atoms with van der Waals surface area (Å²) in [5.74, 6) is -0.563. The summed E-state index contributed by atoms with van der Waals surface area (Å²) in [5, 5.41) is 21.2. The van der Waals surface area contributed by atoms with E-state index in [0.29, 0.717) is 22.5 Å². The minimum Gasteiger partial charge on any atom is -0.393 e. The Balaban J connectivity index is 1.91. The molecule has 1 aliphatic heterocycles. The summed E-state index contributed by atoms with van der Waals surface area (Å²) in [4.78, 5) is 9.03. The van der Waals surface area contributed by atoms with Gasteiger partial charge < -0.3 is 19.7 Å². The van der Waals surface area contributed by atoms with Crippen LogP contribution in [0.15, 0.2) is 30.3 Å². The highest BCUT2D eigenvalue weighted by Crippen LogP contribution is 2.32. The molecule has 0 spiro atoms. The van der Waals surface area contributed by atoms with Gasteiger partial charge in [-0.1, -0.05) is 26.0 Å². The number of halogens is 1. The van der Waals surface area contributed by atoms with Crippen molar-refractivity contribution in [2.75, 3.05) is 17.6 Å². The number of rotatable bonds is 10. The highest BCUT2D eigenvalue weighted by Gasteiger charge is 2.27. The molecule has 1 fully saturated rings. The van der Waals surface area contributed by atoms with E-state index in [4.69, 9.17) is 9.47 Å². The molecule has 1 unspecified atom stereocenters. The normalized spacial score (nSPS) is 22.1. The average Bonchev–Trinajstić information content (AvgIpc) is 2.80. The van der Waals surface area contributed by atoms with Crippen LogP contribution in [0.5, 0.6) is 0 Å². The zero-order chi connectivity index (χ0) is 28.2. The van der Waals surface area contributed by atoms with Gasteiger partial charge in [0.2, 0.25) is 16.0 Å². The van der Waals surface area contributed by atoms with E-state index in [1.165, 1.54) is 25.3 Å². The number of sulfonamides is 1. The maximum absolute atomic E-state index is 13.7. The first-order chi connectivity index (χ1) is 17.7. The first-order valence-electron chi connectivity index (χ1n) is 12.7. The average molecular weight is 552 g/mol. The fraction of sp³-hybridized carbons (Fsp3) is 0.556. The summed E-state index contributed by atoms with van der Waals surface area (Å²) in [6.07, 6.45) is 3.00. The van der Waals surface area contributed by atoms with Crippen LogP contribution in [-0.4, -0.2) is 72.6 Å². The van der Waals surface area contributed by atoms with Gasteiger partial charge in [0.1, 0.15) is 5.82 Å². The minimum atomic E-state index is -3.63. The van der Waals surface area contributed by atoms with E-state index in [2.05, 4.69) is 9.97 Å². The first-order valence-corrected chi connectivity index (χ1v) is 14.6. The number of anilines is 1. The molecule has 1 saturated heterocycles. The van der Waals surface area contributed by atoms with Gasteiger partial charge in [0.15, 0.2) is 6.29 Å². The third-order valence-corrected chi connectivity index (χ3v) is 7.46. The first kappa shape index (κ1) is 30.1. The second-order valence-electron chi connectivity index (χ2n) is 10.2. The molecular formula is C27H38FN3O6S. The molecule has 0 bridgehead atoms. The van der Waals surface area contributed by atoms with E-state index in [9.17, 15) is 23.0 Å². The van der Waals surface area contributed by atoms with Crippen LogP contribution in [-0.2, 0) is 19.5 Å². The number of aliphatic hydroxyl groups excluding tert-OH is 2. The maximum Gasteiger partial charge on any atom is 0.239 e. The number of hydrogen-bond acceptors (Lipinski definition) is 8. The monoisotopic (exact) mass is 551 g/mol. The molecule has 0 saturated carbocycles. The molecule has 0 radical (unpaired) electrons. The third kappa shape index (κ3) is 8.03. The predicted octanol–water partition coefficient (Wildman–Crippen LogP) is 3.86. The van der Waals surface area contributed by atoms with Gasteiger partial charge in [-0.05, 0) is 50.5 Å². The summed E-state index contributed by atoms with van der Waals surface area (Å²) >= 11 is 0. The molecule has 5 atom stereocenters. The SMILES string of the molecule is CC(C)c1nc(N(C)S(C)(=O)=O)nc(-c2ccc(F)cc2)c1/C=C/[C@@H](O)C[C@@H](O)CC1O[C@H](C)C[C@H](C)O1. The summed E-state index contributed by atoms with van der Waals surface area (Å²) in [6.45, 7) is 7.74. The summed E-state index contributed by atoms with van der Waals surface area (Å²) < 4.78 is 50.5. The smallest absolute Gasteiger partial charge is 0.239 e. The lowest BCUT2D eigenvalue weighted by Gasteiger charge is -2.33. The molecule has 2 heterocycles. The molecule has 3 rings (SSSR count). The quantitative estimate of drug-likeness (QED) is 0.457. The van der Waals surface area contributed by atoms with Crippen molar-refractivity contribution in [1.29, 1.82) is 0 Å². The molecule has 0 aliphatic carbocycles. The van der Waals surface area contributed by atoms with E-state index in [-0.39, 0.29) is 36.9 Å². The Morgan fingerprint density at radius 2 is 1.74 bits per heavy atom. The van der Waals surface area contributed by atoms with Crippen molar-refractivity contribution >= 4 is 22.0 Å². The fourth-order valence-corrected chi connectivity index (χ4v) is 4.70. The standard InChI is InChI=1S/C27H38FN3O6S/c1-16(2)25-23(12-11-21(32)14-22(33)15-24-36-17(3)13-18(4)37-24)26(19-7-9-20(28)10-8-19)30-27(29-25)31(5)38(6,34)35/h7-12,16-18,21-22,24,32-33H,13-15H2,1-6H3/b12-11+/t17-,18+,21-,22-,24?/m1/s1. The highest BCUT2D eigenvalue weighted by molar-refractivity contribution is 7.92. The Morgan fingerprint density at radius 3 is 2.29 bits per heavy atom. The molecule has 0 amide bonds. The van der Waals surface area contributed by atoms with Crippen LogP contribution in [0.4, 0.5) is 10.3 Å². The van der Waals surface area contributed by atoms with E-state index in [1.54, 1.807) is 18.2 Å². The van der Waals surface area contributed by atoms with Crippen LogP contribution in [0, 0.1) is 5.82 Å². The summed E-state index contributed by atoms with van der Waals surface area (Å²) in [6, 6.07) is 5.69. The largest absolute Gasteiger partial charge is 0.393 e. The number of aliphatic hydroxyl groups is 2. The van der Waals surface area contributed by atoms with E-state index < -0.39 is 34.3 Å². The third-order valence-electron chi connectivity index (χ3n) is 6.30. The molecule has 2 aromatic rings. The van der Waals surface area contributed by atoms with Gasteiger partial charge in [-0.15, -0.1) is 0 Å². The van der Waals surface area contributed by atoms with Gasteiger partial charge in [0, 0.05) is 31.0 Å². The van der Waals surface area contributed by atoms with Crippen molar-refractivity contribution in [3.8, 4) is 11.3 Å². The van der Waals surface area contributed by atoms with Crippen molar-refractivity contribution in [2.24, 2.45) is 0 Å². The van der Waals surface area contributed by atoms with Crippen molar-refractivity contribution in [2.45, 2.75) is 83.6 Å². The van der Waals surface area contributed by atoms with Gasteiger partial charge in [-0.2, -0.15) is 0 Å². The van der Waals surface area contributed by atoms with Crippen LogP contribution in [0.1, 0.15) is 64.1 Å². The molecular weight excluding hydrogens is 513 g/mol. The number of aromatic nitrogens is 2. The molecule has 1 aromatic heterocycles. The fourth-order valence-electron chi connectivity index (χ4n) is 4.32. The van der Waals surface area contributed by atoms with Crippen LogP contribution in [0.25, 0.3) is 17.3 Å². The molecule has 1 aromatic carbocycles. The van der Waals surface area contributed by atoms with Gasteiger partial charge in [0.05, 0.1) is 42.1 Å². The van der Waals surface area contributed by atoms with Crippen LogP contribution < -0.4 is 4.31 Å². The van der Waals surface area contributed by atoms with Gasteiger partial charge in [0.25, 0.3) is 0 Å². The molecule has 2 N–H and O–H groups in total. The number of benzene rings is 1. The van der Waals surface area contributed by atoms with E-state index in [1.807, 2.05) is 27.7 Å². The Hall–Kier alpha value is -2.44. The lowest BCUT2D eigenvalue weighted by atomic mass is 9.97. The summed E-state index contributed by atoms with van der Waals surface area (Å²) in [7, 11) is -2.27. The highest BCUT2D eigenvalue weighted by atomic mass is 32.2. The van der Waals surface area contributed by atoms with E-state index in [0.717, 1.165) is 17.0 Å². The van der Waals surface area contributed by atoms with Gasteiger partial charge in [-0.25, -0.2) is 27.1 Å². The zero-order valence-corrected chi connectivity index (χ0v) is 23.5. The second-order valence-corrected chi connectivity index (χ2v) is 12.2.